The molecule has 1 heterocycles. The zero-order valence-electron chi connectivity index (χ0n) is 6.40. The van der Waals surface area contributed by atoms with E-state index in [0.717, 1.165) is 10.8 Å². The molecule has 2 aromatic rings. The van der Waals surface area contributed by atoms with Crippen molar-refractivity contribution >= 4 is 10.8 Å². The van der Waals surface area contributed by atoms with Gasteiger partial charge in [0.2, 0.25) is 5.88 Å². The number of fused-ring (bicyclic) bond motifs is 1. The van der Waals surface area contributed by atoms with Gasteiger partial charge in [0.15, 0.2) is 0 Å². The molecule has 0 amide bonds. The van der Waals surface area contributed by atoms with Crippen LogP contribution in [0.3, 0.4) is 0 Å². The van der Waals surface area contributed by atoms with E-state index in [1.165, 1.54) is 0 Å². The van der Waals surface area contributed by atoms with Crippen LogP contribution < -0.4 is 10.7 Å². The number of aromatic nitrogens is 1. The fraction of sp³-hybridized carbons (Fsp3) is 0. The van der Waals surface area contributed by atoms with Gasteiger partial charge in [-0.05, 0) is 17.5 Å². The molecule has 0 aliphatic rings. The zero-order valence-corrected chi connectivity index (χ0v) is 6.40. The molecule has 12 heavy (non-hydrogen) atoms. The van der Waals surface area contributed by atoms with Crippen molar-refractivity contribution in [1.82, 2.24) is 4.98 Å². The molecule has 3 nitrogen and oxygen atoms in total. The van der Waals surface area contributed by atoms with E-state index in [1.54, 1.807) is 6.20 Å². The molecule has 1 aromatic heterocycles. The Morgan fingerprint density at radius 2 is 2.00 bits per heavy atom. The average molecular weight is 160 g/mol. The van der Waals surface area contributed by atoms with Crippen LogP contribution in [0.2, 0.25) is 0 Å². The van der Waals surface area contributed by atoms with Crippen molar-refractivity contribution in [2.24, 2.45) is 5.90 Å². The smallest absolute Gasteiger partial charge is 0.245 e. The molecule has 60 valence electrons. The fourth-order valence-corrected chi connectivity index (χ4v) is 1.19. The summed E-state index contributed by atoms with van der Waals surface area (Å²) in [5.74, 6) is 5.52. The number of nitrogens with two attached hydrogens (primary N) is 1. The van der Waals surface area contributed by atoms with Gasteiger partial charge >= 0.3 is 0 Å². The number of pyridine rings is 1. The average Bonchev–Trinajstić information content (AvgIpc) is 2.17. The summed E-state index contributed by atoms with van der Waals surface area (Å²) >= 11 is 0. The molecule has 0 saturated carbocycles. The summed E-state index contributed by atoms with van der Waals surface area (Å²) in [6.45, 7) is 0. The van der Waals surface area contributed by atoms with E-state index in [4.69, 9.17) is 5.90 Å². The Morgan fingerprint density at radius 1 is 1.17 bits per heavy atom. The topological polar surface area (TPSA) is 48.1 Å². The lowest BCUT2D eigenvalue weighted by molar-refractivity contribution is 0.325. The molecule has 0 saturated heterocycles. The molecule has 0 unspecified atom stereocenters. The highest BCUT2D eigenvalue weighted by molar-refractivity contribution is 5.86. The summed E-state index contributed by atoms with van der Waals surface area (Å²) in [7, 11) is 0. The molecule has 0 aliphatic carbocycles. The quantitative estimate of drug-likeness (QED) is 0.643. The molecule has 0 atom stereocenters. The third-order valence-corrected chi connectivity index (χ3v) is 1.75. The second kappa shape index (κ2) is 2.79. The minimum atomic E-state index is 0.466. The van der Waals surface area contributed by atoms with E-state index in [0.29, 0.717) is 5.88 Å². The number of nitrogens with zero attached hydrogens (tertiary/aromatic N) is 1. The van der Waals surface area contributed by atoms with Crippen molar-refractivity contribution in [1.29, 1.82) is 0 Å². The van der Waals surface area contributed by atoms with Gasteiger partial charge in [-0.25, -0.2) is 4.98 Å². The molecule has 2 rings (SSSR count). The summed E-state index contributed by atoms with van der Waals surface area (Å²) in [4.78, 5) is 8.59. The molecule has 3 heteroatoms. The normalized spacial score (nSPS) is 10.1. The SMILES string of the molecule is NOc1nccc2ccccc12. The number of hydrogen-bond acceptors (Lipinski definition) is 3. The molecule has 0 fully saturated rings. The van der Waals surface area contributed by atoms with Crippen LogP contribution >= 0.6 is 0 Å². The standard InChI is InChI=1S/C9H8N2O/c10-12-9-8-4-2-1-3-7(8)5-6-11-9/h1-6H,10H2. The predicted octanol–water partition coefficient (Wildman–Crippen LogP) is 1.49. The van der Waals surface area contributed by atoms with E-state index < -0.39 is 0 Å². The van der Waals surface area contributed by atoms with E-state index in [9.17, 15) is 0 Å². The Morgan fingerprint density at radius 3 is 2.83 bits per heavy atom. The molecule has 0 bridgehead atoms. The van der Waals surface area contributed by atoms with Gasteiger partial charge in [-0.3, -0.25) is 0 Å². The third kappa shape index (κ3) is 1.00. The first-order valence-electron chi connectivity index (χ1n) is 3.62. The van der Waals surface area contributed by atoms with Crippen LogP contribution in [0.25, 0.3) is 10.8 Å². The van der Waals surface area contributed by atoms with Gasteiger partial charge < -0.3 is 4.84 Å². The highest BCUT2D eigenvalue weighted by atomic mass is 16.6. The third-order valence-electron chi connectivity index (χ3n) is 1.75. The van der Waals surface area contributed by atoms with Gasteiger partial charge in [0.25, 0.3) is 0 Å². The highest BCUT2D eigenvalue weighted by Gasteiger charge is 1.99. The lowest BCUT2D eigenvalue weighted by atomic mass is 10.2. The Kier molecular flexibility index (Phi) is 1.64. The van der Waals surface area contributed by atoms with Crippen molar-refractivity contribution in [3.05, 3.63) is 36.5 Å². The van der Waals surface area contributed by atoms with Crippen molar-refractivity contribution in [2.45, 2.75) is 0 Å². The largest absolute Gasteiger partial charge is 0.391 e. The lowest BCUT2D eigenvalue weighted by Gasteiger charge is -2.01. The van der Waals surface area contributed by atoms with Crippen molar-refractivity contribution in [3.8, 4) is 5.88 Å². The van der Waals surface area contributed by atoms with Gasteiger partial charge in [0.1, 0.15) is 0 Å². The first kappa shape index (κ1) is 7.06. The van der Waals surface area contributed by atoms with E-state index in [2.05, 4.69) is 9.82 Å². The Labute approximate surface area is 69.7 Å². The van der Waals surface area contributed by atoms with E-state index in [-0.39, 0.29) is 0 Å². The summed E-state index contributed by atoms with van der Waals surface area (Å²) in [6.07, 6.45) is 1.67. The molecule has 0 radical (unpaired) electrons. The van der Waals surface area contributed by atoms with Crippen LogP contribution in [-0.2, 0) is 0 Å². The molecular weight excluding hydrogens is 152 g/mol. The predicted molar refractivity (Wildman–Crippen MR) is 46.6 cm³/mol. The molecule has 0 aliphatic heterocycles. The second-order valence-electron chi connectivity index (χ2n) is 2.46. The molecular formula is C9H8N2O. The maximum Gasteiger partial charge on any atom is 0.245 e. The highest BCUT2D eigenvalue weighted by Crippen LogP contribution is 2.20. The van der Waals surface area contributed by atoms with Crippen LogP contribution in [0, 0.1) is 0 Å². The van der Waals surface area contributed by atoms with Crippen molar-refractivity contribution < 1.29 is 4.84 Å². The molecule has 0 spiro atoms. The second-order valence-corrected chi connectivity index (χ2v) is 2.46. The summed E-state index contributed by atoms with van der Waals surface area (Å²) in [6, 6.07) is 9.71. The van der Waals surface area contributed by atoms with Crippen molar-refractivity contribution in [2.75, 3.05) is 0 Å². The maximum atomic E-state index is 5.05. The molecule has 1 aromatic carbocycles. The summed E-state index contributed by atoms with van der Waals surface area (Å²) < 4.78 is 0. The summed E-state index contributed by atoms with van der Waals surface area (Å²) in [5, 5.41) is 2.01. The van der Waals surface area contributed by atoms with E-state index >= 15 is 0 Å². The number of benzene rings is 1. The van der Waals surface area contributed by atoms with Crippen LogP contribution in [-0.4, -0.2) is 4.98 Å². The first-order chi connectivity index (χ1) is 5.92. The van der Waals surface area contributed by atoms with Gasteiger partial charge in [-0.2, -0.15) is 5.90 Å². The van der Waals surface area contributed by atoms with Crippen LogP contribution in [0.5, 0.6) is 5.88 Å². The van der Waals surface area contributed by atoms with Crippen LogP contribution in [0.4, 0.5) is 0 Å². The Bertz CT molecular complexity index is 395. The Hall–Kier alpha value is -1.61. The zero-order chi connectivity index (χ0) is 8.39. The molecule has 2 N–H and O–H groups in total. The first-order valence-corrected chi connectivity index (χ1v) is 3.62. The number of hydrogen-bond donors (Lipinski definition) is 1. The summed E-state index contributed by atoms with van der Waals surface area (Å²) in [5.41, 5.74) is 0. The van der Waals surface area contributed by atoms with Gasteiger partial charge in [-0.15, -0.1) is 0 Å². The monoisotopic (exact) mass is 160 g/mol. The Balaban J connectivity index is 2.79. The van der Waals surface area contributed by atoms with E-state index in [1.807, 2.05) is 30.3 Å². The van der Waals surface area contributed by atoms with Crippen LogP contribution in [0.15, 0.2) is 36.5 Å². The van der Waals surface area contributed by atoms with Gasteiger partial charge in [-0.1, -0.05) is 18.2 Å². The van der Waals surface area contributed by atoms with Gasteiger partial charge in [0, 0.05) is 11.6 Å². The number of rotatable bonds is 1. The van der Waals surface area contributed by atoms with Gasteiger partial charge in [0.05, 0.1) is 0 Å². The maximum absolute atomic E-state index is 5.05. The minimum Gasteiger partial charge on any atom is -0.391 e. The fourth-order valence-electron chi connectivity index (χ4n) is 1.19. The lowest BCUT2D eigenvalue weighted by Crippen LogP contribution is -2.03. The minimum absolute atomic E-state index is 0.466. The van der Waals surface area contributed by atoms with Crippen LogP contribution in [0.1, 0.15) is 0 Å². The van der Waals surface area contributed by atoms with Crippen molar-refractivity contribution in [3.63, 3.8) is 0 Å².